The molecule has 1 aliphatic rings. The Bertz CT molecular complexity index is 453. The molecule has 0 aliphatic carbocycles. The second kappa shape index (κ2) is 8.46. The monoisotopic (exact) mass is 364 g/mol. The molecule has 112 valence electrons. The summed E-state index contributed by atoms with van der Waals surface area (Å²) in [5, 5.41) is 6.05. The smallest absolute Gasteiger partial charge is 0.227 e. The first-order valence-electron chi connectivity index (χ1n) is 6.15. The van der Waals surface area contributed by atoms with Crippen LogP contribution in [0.25, 0.3) is 0 Å². The number of nitrogens with one attached hydrogen (secondary N) is 2. The van der Waals surface area contributed by atoms with E-state index in [1.165, 1.54) is 0 Å². The number of morpholine rings is 1. The van der Waals surface area contributed by atoms with Gasteiger partial charge in [-0.3, -0.25) is 4.79 Å². The highest BCUT2D eigenvalue weighted by Gasteiger charge is 2.17. The Balaban J connectivity index is 0.00000200. The van der Waals surface area contributed by atoms with E-state index in [4.69, 9.17) is 9.47 Å². The summed E-state index contributed by atoms with van der Waals surface area (Å²) in [7, 11) is 1.60. The number of hydrogen-bond donors (Lipinski definition) is 2. The van der Waals surface area contributed by atoms with Crippen LogP contribution in [0, 0.1) is 0 Å². The van der Waals surface area contributed by atoms with Crippen LogP contribution in [0.4, 0.5) is 5.69 Å². The van der Waals surface area contributed by atoms with E-state index in [0.717, 1.165) is 29.0 Å². The Labute approximate surface area is 132 Å². The van der Waals surface area contributed by atoms with Crippen molar-refractivity contribution < 1.29 is 14.3 Å². The fourth-order valence-electron chi connectivity index (χ4n) is 1.91. The molecule has 2 N–H and O–H groups in total. The number of rotatable bonds is 4. The van der Waals surface area contributed by atoms with Crippen LogP contribution < -0.4 is 15.4 Å². The summed E-state index contributed by atoms with van der Waals surface area (Å²) in [5.41, 5.74) is 0.737. The molecule has 0 radical (unpaired) electrons. The maximum absolute atomic E-state index is 11.9. The first kappa shape index (κ1) is 17.2. The maximum atomic E-state index is 11.9. The highest BCUT2D eigenvalue weighted by atomic mass is 79.9. The average molecular weight is 366 g/mol. The zero-order chi connectivity index (χ0) is 13.7. The summed E-state index contributed by atoms with van der Waals surface area (Å²) in [5.74, 6) is 0.684. The van der Waals surface area contributed by atoms with Gasteiger partial charge in [0.05, 0.1) is 30.7 Å². The van der Waals surface area contributed by atoms with Gasteiger partial charge in [0, 0.05) is 18.8 Å². The minimum atomic E-state index is -0.0502. The van der Waals surface area contributed by atoms with Crippen molar-refractivity contribution in [2.45, 2.75) is 12.5 Å². The van der Waals surface area contributed by atoms with Gasteiger partial charge in [-0.05, 0) is 34.1 Å². The number of carbonyl (C=O) groups is 1. The molecule has 0 bridgehead atoms. The standard InChI is InChI=1S/C13H17BrN2O3.ClH/c1-18-12-3-2-9(6-11(12)14)16-13(17)7-10-8-15-4-5-19-10;/h2-3,6,10,15H,4-5,7-8H2,1H3,(H,16,17);1H. The predicted molar refractivity (Wildman–Crippen MR) is 83.8 cm³/mol. The van der Waals surface area contributed by atoms with Crippen molar-refractivity contribution in [2.75, 3.05) is 32.1 Å². The Morgan fingerprint density at radius 2 is 2.40 bits per heavy atom. The highest BCUT2D eigenvalue weighted by Crippen LogP contribution is 2.27. The van der Waals surface area contributed by atoms with Crippen LogP contribution in [-0.4, -0.2) is 38.8 Å². The Kier molecular flexibility index (Phi) is 7.29. The summed E-state index contributed by atoms with van der Waals surface area (Å²) in [4.78, 5) is 11.9. The zero-order valence-electron chi connectivity index (χ0n) is 11.1. The molecule has 0 saturated carbocycles. The largest absolute Gasteiger partial charge is 0.496 e. The topological polar surface area (TPSA) is 59.6 Å². The Morgan fingerprint density at radius 1 is 1.60 bits per heavy atom. The van der Waals surface area contributed by atoms with Gasteiger partial charge in [-0.2, -0.15) is 0 Å². The van der Waals surface area contributed by atoms with Crippen molar-refractivity contribution in [3.05, 3.63) is 22.7 Å². The molecular weight excluding hydrogens is 348 g/mol. The highest BCUT2D eigenvalue weighted by molar-refractivity contribution is 9.10. The molecule has 1 fully saturated rings. The lowest BCUT2D eigenvalue weighted by Gasteiger charge is -2.23. The summed E-state index contributed by atoms with van der Waals surface area (Å²) in [6.07, 6.45) is 0.312. The van der Waals surface area contributed by atoms with E-state index in [2.05, 4.69) is 26.6 Å². The normalized spacial score (nSPS) is 18.0. The first-order chi connectivity index (χ1) is 9.19. The number of benzene rings is 1. The molecular formula is C13H18BrClN2O3. The predicted octanol–water partition coefficient (Wildman–Crippen LogP) is 2.20. The minimum absolute atomic E-state index is 0. The molecule has 7 heteroatoms. The molecule has 0 aromatic heterocycles. The third-order valence-electron chi connectivity index (χ3n) is 2.85. The van der Waals surface area contributed by atoms with Crippen molar-refractivity contribution in [3.8, 4) is 5.75 Å². The van der Waals surface area contributed by atoms with Crippen molar-refractivity contribution in [3.63, 3.8) is 0 Å². The van der Waals surface area contributed by atoms with Crippen molar-refractivity contribution in [1.82, 2.24) is 5.32 Å². The Hall–Kier alpha value is -0.820. The fraction of sp³-hybridized carbons (Fsp3) is 0.462. The Morgan fingerprint density at radius 3 is 3.00 bits per heavy atom. The van der Waals surface area contributed by atoms with Crippen LogP contribution in [0.1, 0.15) is 6.42 Å². The lowest BCUT2D eigenvalue weighted by atomic mass is 10.2. The van der Waals surface area contributed by atoms with Gasteiger partial charge in [0.2, 0.25) is 5.91 Å². The number of methoxy groups -OCH3 is 1. The second-order valence-electron chi connectivity index (χ2n) is 4.30. The van der Waals surface area contributed by atoms with Crippen LogP contribution in [0.5, 0.6) is 5.75 Å². The molecule has 20 heavy (non-hydrogen) atoms. The fourth-order valence-corrected chi connectivity index (χ4v) is 2.45. The van der Waals surface area contributed by atoms with Crippen LogP contribution >= 0.6 is 28.3 Å². The van der Waals surface area contributed by atoms with Crippen LogP contribution in [0.15, 0.2) is 22.7 Å². The van der Waals surface area contributed by atoms with Gasteiger partial charge >= 0.3 is 0 Å². The summed E-state index contributed by atoms with van der Waals surface area (Å²) >= 11 is 3.38. The number of carbonyl (C=O) groups excluding carboxylic acids is 1. The zero-order valence-corrected chi connectivity index (χ0v) is 13.6. The molecule has 1 heterocycles. The summed E-state index contributed by atoms with van der Waals surface area (Å²) in [6, 6.07) is 5.43. The van der Waals surface area contributed by atoms with Crippen molar-refractivity contribution in [1.29, 1.82) is 0 Å². The lowest BCUT2D eigenvalue weighted by molar-refractivity contribution is -0.119. The van der Waals surface area contributed by atoms with Gasteiger partial charge in [0.1, 0.15) is 5.75 Å². The van der Waals surface area contributed by atoms with Crippen LogP contribution in [0.3, 0.4) is 0 Å². The molecule has 0 spiro atoms. The van der Waals surface area contributed by atoms with Crippen LogP contribution in [0.2, 0.25) is 0 Å². The molecule has 1 atom stereocenters. The summed E-state index contributed by atoms with van der Waals surface area (Å²) in [6.45, 7) is 2.23. The van der Waals surface area contributed by atoms with E-state index in [0.29, 0.717) is 13.0 Å². The number of anilines is 1. The van der Waals surface area contributed by atoms with E-state index in [-0.39, 0.29) is 24.4 Å². The van der Waals surface area contributed by atoms with E-state index < -0.39 is 0 Å². The van der Waals surface area contributed by atoms with Crippen LogP contribution in [-0.2, 0) is 9.53 Å². The first-order valence-corrected chi connectivity index (χ1v) is 6.94. The SMILES string of the molecule is COc1ccc(NC(=O)CC2CNCCO2)cc1Br.Cl. The molecule has 5 nitrogen and oxygen atoms in total. The molecule has 1 aromatic rings. The van der Waals surface area contributed by atoms with E-state index in [9.17, 15) is 4.79 Å². The van der Waals surface area contributed by atoms with Gasteiger partial charge in [0.15, 0.2) is 0 Å². The van der Waals surface area contributed by atoms with Crippen molar-refractivity contribution in [2.24, 2.45) is 0 Å². The molecule has 1 unspecified atom stereocenters. The lowest BCUT2D eigenvalue weighted by Crippen LogP contribution is -2.40. The maximum Gasteiger partial charge on any atom is 0.227 e. The molecule has 2 rings (SSSR count). The van der Waals surface area contributed by atoms with Crippen molar-refractivity contribution >= 4 is 39.9 Å². The molecule has 1 saturated heterocycles. The van der Waals surface area contributed by atoms with Gasteiger partial charge < -0.3 is 20.1 Å². The average Bonchev–Trinajstić information content (AvgIpc) is 2.40. The molecule has 1 aliphatic heterocycles. The van der Waals surface area contributed by atoms with E-state index in [1.54, 1.807) is 13.2 Å². The van der Waals surface area contributed by atoms with Gasteiger partial charge in [-0.25, -0.2) is 0 Å². The molecule has 1 amide bonds. The molecule has 1 aromatic carbocycles. The third kappa shape index (κ3) is 4.94. The van der Waals surface area contributed by atoms with E-state index >= 15 is 0 Å². The van der Waals surface area contributed by atoms with Gasteiger partial charge in [-0.1, -0.05) is 0 Å². The number of ether oxygens (including phenoxy) is 2. The van der Waals surface area contributed by atoms with Gasteiger partial charge in [0.25, 0.3) is 0 Å². The number of amides is 1. The summed E-state index contributed by atoms with van der Waals surface area (Å²) < 4.78 is 11.4. The van der Waals surface area contributed by atoms with E-state index in [1.807, 2.05) is 12.1 Å². The number of halogens is 2. The second-order valence-corrected chi connectivity index (χ2v) is 5.15. The quantitative estimate of drug-likeness (QED) is 0.859. The minimum Gasteiger partial charge on any atom is -0.496 e. The number of hydrogen-bond acceptors (Lipinski definition) is 4. The third-order valence-corrected chi connectivity index (χ3v) is 3.47. The van der Waals surface area contributed by atoms with Gasteiger partial charge in [-0.15, -0.1) is 12.4 Å².